The van der Waals surface area contributed by atoms with Gasteiger partial charge in [0.2, 0.25) is 5.91 Å². The van der Waals surface area contributed by atoms with Crippen molar-refractivity contribution in [3.05, 3.63) is 23.8 Å². The molecule has 4 heteroatoms. The lowest BCUT2D eigenvalue weighted by Crippen LogP contribution is -2.22. The Bertz CT molecular complexity index is 368. The maximum Gasteiger partial charge on any atom is 0.220 e. The minimum atomic E-state index is 0.0821. The third-order valence-electron chi connectivity index (χ3n) is 2.66. The smallest absolute Gasteiger partial charge is 0.220 e. The standard InChI is InChI=1S/C14H21NO3/c1-4-5-6-14(16)15-10-11-7-12(17-2)9-13(8-11)18-3/h7-9H,4-6,10H2,1-3H3,(H,15,16). The number of hydrogen-bond acceptors (Lipinski definition) is 3. The Balaban J connectivity index is 2.58. The summed E-state index contributed by atoms with van der Waals surface area (Å²) in [6.45, 7) is 2.57. The molecule has 0 unspecified atom stereocenters. The normalized spacial score (nSPS) is 9.94. The molecule has 0 fully saturated rings. The van der Waals surface area contributed by atoms with Gasteiger partial charge in [0, 0.05) is 19.0 Å². The molecule has 0 heterocycles. The highest BCUT2D eigenvalue weighted by Gasteiger charge is 2.04. The van der Waals surface area contributed by atoms with E-state index in [9.17, 15) is 4.79 Å². The maximum atomic E-state index is 11.5. The molecule has 100 valence electrons. The monoisotopic (exact) mass is 251 g/mol. The van der Waals surface area contributed by atoms with Crippen molar-refractivity contribution in [2.45, 2.75) is 32.7 Å². The molecule has 1 rings (SSSR count). The molecule has 0 aliphatic rings. The number of rotatable bonds is 7. The molecule has 0 aromatic heterocycles. The number of benzene rings is 1. The van der Waals surface area contributed by atoms with Crippen LogP contribution in [0.15, 0.2) is 18.2 Å². The van der Waals surface area contributed by atoms with Crippen molar-refractivity contribution in [2.75, 3.05) is 14.2 Å². The molecule has 0 bridgehead atoms. The van der Waals surface area contributed by atoms with Gasteiger partial charge in [-0.2, -0.15) is 0 Å². The van der Waals surface area contributed by atoms with Crippen LogP contribution in [0.4, 0.5) is 0 Å². The first-order valence-corrected chi connectivity index (χ1v) is 6.18. The van der Waals surface area contributed by atoms with Crippen molar-refractivity contribution in [3.8, 4) is 11.5 Å². The lowest BCUT2D eigenvalue weighted by Gasteiger charge is -2.09. The predicted molar refractivity (Wildman–Crippen MR) is 70.9 cm³/mol. The number of amides is 1. The number of carbonyl (C=O) groups is 1. The highest BCUT2D eigenvalue weighted by Crippen LogP contribution is 2.22. The third kappa shape index (κ3) is 4.65. The van der Waals surface area contributed by atoms with Gasteiger partial charge in [0.1, 0.15) is 11.5 Å². The second kappa shape index (κ2) is 7.58. The summed E-state index contributed by atoms with van der Waals surface area (Å²) in [6, 6.07) is 5.59. The molecule has 0 spiro atoms. The highest BCUT2D eigenvalue weighted by atomic mass is 16.5. The molecule has 0 radical (unpaired) electrons. The predicted octanol–water partition coefficient (Wildman–Crippen LogP) is 2.51. The van der Waals surface area contributed by atoms with E-state index in [-0.39, 0.29) is 5.91 Å². The highest BCUT2D eigenvalue weighted by molar-refractivity contribution is 5.75. The van der Waals surface area contributed by atoms with Crippen LogP contribution in [0.1, 0.15) is 31.7 Å². The quantitative estimate of drug-likeness (QED) is 0.810. The van der Waals surface area contributed by atoms with Crippen molar-refractivity contribution in [1.82, 2.24) is 5.32 Å². The van der Waals surface area contributed by atoms with Crippen LogP contribution in [0.2, 0.25) is 0 Å². The Morgan fingerprint density at radius 1 is 1.17 bits per heavy atom. The lowest BCUT2D eigenvalue weighted by atomic mass is 10.2. The number of methoxy groups -OCH3 is 2. The first-order chi connectivity index (χ1) is 8.69. The number of unbranched alkanes of at least 4 members (excludes halogenated alkanes) is 1. The Hall–Kier alpha value is -1.71. The Kier molecular flexibility index (Phi) is 6.05. The lowest BCUT2D eigenvalue weighted by molar-refractivity contribution is -0.121. The minimum absolute atomic E-state index is 0.0821. The molecule has 4 nitrogen and oxygen atoms in total. The zero-order valence-corrected chi connectivity index (χ0v) is 11.3. The molecule has 0 saturated heterocycles. The fourth-order valence-corrected chi connectivity index (χ4v) is 1.59. The van der Waals surface area contributed by atoms with Crippen LogP contribution < -0.4 is 14.8 Å². The summed E-state index contributed by atoms with van der Waals surface area (Å²) < 4.78 is 10.4. The van der Waals surface area contributed by atoms with E-state index in [0.29, 0.717) is 13.0 Å². The summed E-state index contributed by atoms with van der Waals surface area (Å²) in [5, 5.41) is 2.89. The van der Waals surface area contributed by atoms with Gasteiger partial charge in [-0.1, -0.05) is 13.3 Å². The van der Waals surface area contributed by atoms with Crippen LogP contribution in [0.5, 0.6) is 11.5 Å². The molecule has 0 saturated carbocycles. The van der Waals surface area contributed by atoms with Crippen LogP contribution in [0.25, 0.3) is 0 Å². The van der Waals surface area contributed by atoms with Gasteiger partial charge in [0.15, 0.2) is 0 Å². The van der Waals surface area contributed by atoms with E-state index < -0.39 is 0 Å². The van der Waals surface area contributed by atoms with Gasteiger partial charge in [-0.3, -0.25) is 4.79 Å². The molecule has 0 atom stereocenters. The average Bonchev–Trinajstić information content (AvgIpc) is 2.42. The number of carbonyl (C=O) groups excluding carboxylic acids is 1. The Labute approximate surface area is 108 Å². The number of ether oxygens (including phenoxy) is 2. The van der Waals surface area contributed by atoms with Crippen molar-refractivity contribution in [2.24, 2.45) is 0 Å². The number of hydrogen-bond donors (Lipinski definition) is 1. The summed E-state index contributed by atoms with van der Waals surface area (Å²) in [7, 11) is 3.22. The van der Waals surface area contributed by atoms with Crippen LogP contribution in [0.3, 0.4) is 0 Å². The van der Waals surface area contributed by atoms with Crippen molar-refractivity contribution >= 4 is 5.91 Å². The van der Waals surface area contributed by atoms with E-state index in [1.54, 1.807) is 14.2 Å². The molecule has 18 heavy (non-hydrogen) atoms. The van der Waals surface area contributed by atoms with Gasteiger partial charge in [-0.05, 0) is 24.1 Å². The van der Waals surface area contributed by atoms with Crippen molar-refractivity contribution in [1.29, 1.82) is 0 Å². The Morgan fingerprint density at radius 3 is 2.28 bits per heavy atom. The average molecular weight is 251 g/mol. The molecular weight excluding hydrogens is 230 g/mol. The van der Waals surface area contributed by atoms with Crippen LogP contribution in [0, 0.1) is 0 Å². The van der Waals surface area contributed by atoms with E-state index in [1.807, 2.05) is 18.2 Å². The van der Waals surface area contributed by atoms with E-state index in [0.717, 1.165) is 29.9 Å². The summed E-state index contributed by atoms with van der Waals surface area (Å²) in [5.74, 6) is 1.54. The first-order valence-electron chi connectivity index (χ1n) is 6.18. The molecule has 1 amide bonds. The zero-order chi connectivity index (χ0) is 13.4. The molecule has 1 aromatic carbocycles. The van der Waals surface area contributed by atoms with E-state index in [2.05, 4.69) is 12.2 Å². The first kappa shape index (κ1) is 14.4. The van der Waals surface area contributed by atoms with Crippen molar-refractivity contribution < 1.29 is 14.3 Å². The van der Waals surface area contributed by atoms with Gasteiger partial charge in [0.05, 0.1) is 14.2 Å². The van der Waals surface area contributed by atoms with Crippen molar-refractivity contribution in [3.63, 3.8) is 0 Å². The second-order valence-electron chi connectivity index (χ2n) is 4.10. The fraction of sp³-hybridized carbons (Fsp3) is 0.500. The van der Waals surface area contributed by atoms with Crippen LogP contribution >= 0.6 is 0 Å². The summed E-state index contributed by atoms with van der Waals surface area (Å²) in [6.07, 6.45) is 2.53. The Morgan fingerprint density at radius 2 is 1.78 bits per heavy atom. The van der Waals surface area contributed by atoms with Gasteiger partial charge in [-0.15, -0.1) is 0 Å². The summed E-state index contributed by atoms with van der Waals surface area (Å²) >= 11 is 0. The number of nitrogens with one attached hydrogen (secondary N) is 1. The van der Waals surface area contributed by atoms with Gasteiger partial charge < -0.3 is 14.8 Å². The molecular formula is C14H21NO3. The van der Waals surface area contributed by atoms with E-state index >= 15 is 0 Å². The van der Waals surface area contributed by atoms with Crippen LogP contribution in [-0.4, -0.2) is 20.1 Å². The minimum Gasteiger partial charge on any atom is -0.497 e. The van der Waals surface area contributed by atoms with Gasteiger partial charge in [0.25, 0.3) is 0 Å². The molecule has 1 aromatic rings. The van der Waals surface area contributed by atoms with Crippen LogP contribution in [-0.2, 0) is 11.3 Å². The van der Waals surface area contributed by atoms with Gasteiger partial charge in [-0.25, -0.2) is 0 Å². The summed E-state index contributed by atoms with van der Waals surface area (Å²) in [5.41, 5.74) is 0.969. The van der Waals surface area contributed by atoms with E-state index in [4.69, 9.17) is 9.47 Å². The summed E-state index contributed by atoms with van der Waals surface area (Å²) in [4.78, 5) is 11.5. The SMILES string of the molecule is CCCCC(=O)NCc1cc(OC)cc(OC)c1. The van der Waals surface area contributed by atoms with Gasteiger partial charge >= 0.3 is 0 Å². The fourth-order valence-electron chi connectivity index (χ4n) is 1.59. The molecule has 0 aliphatic heterocycles. The topological polar surface area (TPSA) is 47.6 Å². The molecule has 1 N–H and O–H groups in total. The largest absolute Gasteiger partial charge is 0.497 e. The zero-order valence-electron chi connectivity index (χ0n) is 11.3. The molecule has 0 aliphatic carbocycles. The third-order valence-corrected chi connectivity index (χ3v) is 2.66. The maximum absolute atomic E-state index is 11.5. The second-order valence-corrected chi connectivity index (χ2v) is 4.10. The van der Waals surface area contributed by atoms with E-state index in [1.165, 1.54) is 0 Å².